The molecule has 1 saturated heterocycles. The first kappa shape index (κ1) is 26.0. The molecule has 1 aliphatic heterocycles. The smallest absolute Gasteiger partial charge is 0.416 e. The number of ether oxygens (including phenoxy) is 1. The molecule has 1 fully saturated rings. The van der Waals surface area contributed by atoms with Gasteiger partial charge in [-0.3, -0.25) is 4.79 Å². The van der Waals surface area contributed by atoms with Crippen molar-refractivity contribution in [2.75, 3.05) is 30.7 Å². The standard InChI is InChI=1S/C26H26F3N5O3/c1-2-21(35)34-12-10-25(36,11-13-34)15-31-24-22(23(30)32-16-33-24)17-6-8-19(9-7-17)37-20-5-3-4-18(14-20)26(27,28)29/h2-9,14,16,36H,1,10-13,15H2,(H3,30,31,32,33). The average Bonchev–Trinajstić information content (AvgIpc) is 2.88. The van der Waals surface area contributed by atoms with E-state index in [1.165, 1.54) is 24.5 Å². The number of nitrogens with two attached hydrogens (primary N) is 1. The summed E-state index contributed by atoms with van der Waals surface area (Å²) < 4.78 is 44.5. The van der Waals surface area contributed by atoms with Crippen molar-refractivity contribution in [2.45, 2.75) is 24.6 Å². The van der Waals surface area contributed by atoms with E-state index >= 15 is 0 Å². The minimum atomic E-state index is -4.47. The van der Waals surface area contributed by atoms with Crippen molar-refractivity contribution in [3.05, 3.63) is 73.1 Å². The van der Waals surface area contributed by atoms with E-state index < -0.39 is 17.3 Å². The average molecular weight is 514 g/mol. The van der Waals surface area contributed by atoms with E-state index in [1.807, 2.05) is 0 Å². The first-order valence-corrected chi connectivity index (χ1v) is 11.5. The fraction of sp³-hybridized carbons (Fsp3) is 0.269. The summed E-state index contributed by atoms with van der Waals surface area (Å²) >= 11 is 0. The largest absolute Gasteiger partial charge is 0.457 e. The fourth-order valence-electron chi connectivity index (χ4n) is 4.08. The molecule has 1 aromatic heterocycles. The van der Waals surface area contributed by atoms with Gasteiger partial charge in [0.2, 0.25) is 5.91 Å². The molecule has 2 heterocycles. The van der Waals surface area contributed by atoms with Gasteiger partial charge in [-0.25, -0.2) is 9.97 Å². The number of alkyl halides is 3. The highest BCUT2D eigenvalue weighted by molar-refractivity contribution is 5.87. The highest BCUT2D eigenvalue weighted by Crippen LogP contribution is 2.35. The number of hydrogen-bond donors (Lipinski definition) is 3. The van der Waals surface area contributed by atoms with Crippen LogP contribution in [-0.2, 0) is 11.0 Å². The van der Waals surface area contributed by atoms with Gasteiger partial charge < -0.3 is 25.8 Å². The van der Waals surface area contributed by atoms with E-state index in [4.69, 9.17) is 10.5 Å². The van der Waals surface area contributed by atoms with Gasteiger partial charge in [-0.15, -0.1) is 0 Å². The number of anilines is 2. The molecule has 0 spiro atoms. The van der Waals surface area contributed by atoms with Gasteiger partial charge in [-0.2, -0.15) is 13.2 Å². The lowest BCUT2D eigenvalue weighted by atomic mass is 9.91. The summed E-state index contributed by atoms with van der Waals surface area (Å²) in [4.78, 5) is 21.8. The fourth-order valence-corrected chi connectivity index (χ4v) is 4.08. The van der Waals surface area contributed by atoms with E-state index in [0.717, 1.165) is 12.1 Å². The van der Waals surface area contributed by atoms with E-state index in [-0.39, 0.29) is 24.0 Å². The first-order chi connectivity index (χ1) is 17.6. The number of carbonyl (C=O) groups excluding carboxylic acids is 1. The zero-order valence-corrected chi connectivity index (χ0v) is 19.8. The van der Waals surface area contributed by atoms with E-state index in [0.29, 0.717) is 48.6 Å². The monoisotopic (exact) mass is 513 g/mol. The van der Waals surface area contributed by atoms with Gasteiger partial charge in [0.05, 0.1) is 16.7 Å². The molecule has 194 valence electrons. The third-order valence-electron chi connectivity index (χ3n) is 6.18. The summed E-state index contributed by atoms with van der Waals surface area (Å²) in [6, 6.07) is 11.2. The molecule has 11 heteroatoms. The molecule has 4 N–H and O–H groups in total. The Morgan fingerprint density at radius 1 is 1.16 bits per heavy atom. The third kappa shape index (κ3) is 6.18. The second-order valence-corrected chi connectivity index (χ2v) is 8.74. The second kappa shape index (κ2) is 10.5. The van der Waals surface area contributed by atoms with Crippen LogP contribution in [0.15, 0.2) is 67.5 Å². The number of nitrogens with one attached hydrogen (secondary N) is 1. The second-order valence-electron chi connectivity index (χ2n) is 8.74. The Morgan fingerprint density at radius 3 is 2.51 bits per heavy atom. The van der Waals surface area contributed by atoms with Gasteiger partial charge in [0.1, 0.15) is 29.5 Å². The zero-order valence-electron chi connectivity index (χ0n) is 19.8. The van der Waals surface area contributed by atoms with Crippen molar-refractivity contribution in [3.63, 3.8) is 0 Å². The number of rotatable bonds is 7. The molecule has 0 aliphatic carbocycles. The number of amides is 1. The number of nitrogen functional groups attached to an aromatic ring is 1. The lowest BCUT2D eigenvalue weighted by molar-refractivity contribution is -0.137. The van der Waals surface area contributed by atoms with Crippen molar-refractivity contribution in [1.82, 2.24) is 14.9 Å². The Balaban J connectivity index is 1.47. The highest BCUT2D eigenvalue weighted by Gasteiger charge is 2.34. The van der Waals surface area contributed by atoms with Crippen LogP contribution in [0.4, 0.5) is 24.8 Å². The number of piperidine rings is 1. The van der Waals surface area contributed by atoms with Gasteiger partial charge in [-0.05, 0) is 54.8 Å². The number of carbonyl (C=O) groups is 1. The summed E-state index contributed by atoms with van der Waals surface area (Å²) in [5.74, 6) is 0.852. The normalized spacial score (nSPS) is 15.2. The van der Waals surface area contributed by atoms with Gasteiger partial charge in [0, 0.05) is 19.6 Å². The number of hydrogen-bond acceptors (Lipinski definition) is 7. The van der Waals surface area contributed by atoms with Gasteiger partial charge >= 0.3 is 6.18 Å². The van der Waals surface area contributed by atoms with E-state index in [9.17, 15) is 23.1 Å². The Kier molecular flexibility index (Phi) is 7.35. The maximum absolute atomic E-state index is 13.0. The maximum atomic E-state index is 13.0. The molecule has 8 nitrogen and oxygen atoms in total. The first-order valence-electron chi connectivity index (χ1n) is 11.5. The van der Waals surface area contributed by atoms with Crippen molar-refractivity contribution in [3.8, 4) is 22.6 Å². The number of benzene rings is 2. The van der Waals surface area contributed by atoms with Gasteiger partial charge in [0.25, 0.3) is 0 Å². The predicted molar refractivity (Wildman–Crippen MR) is 133 cm³/mol. The van der Waals surface area contributed by atoms with Gasteiger partial charge in [0.15, 0.2) is 0 Å². The SMILES string of the molecule is C=CC(=O)N1CCC(O)(CNc2ncnc(N)c2-c2ccc(Oc3cccc(C(F)(F)F)c3)cc2)CC1. The van der Waals surface area contributed by atoms with Crippen LogP contribution >= 0.6 is 0 Å². The quantitative estimate of drug-likeness (QED) is 0.399. The van der Waals surface area contributed by atoms with Crippen molar-refractivity contribution in [2.24, 2.45) is 0 Å². The lowest BCUT2D eigenvalue weighted by Crippen LogP contribution is -2.49. The Bertz CT molecular complexity index is 1270. The summed E-state index contributed by atoms with van der Waals surface area (Å²) in [6.45, 7) is 4.50. The molecule has 2 aromatic carbocycles. The molecule has 1 aliphatic rings. The summed E-state index contributed by atoms with van der Waals surface area (Å²) in [5.41, 5.74) is 5.45. The zero-order chi connectivity index (χ0) is 26.6. The van der Waals surface area contributed by atoms with Crippen LogP contribution in [0.25, 0.3) is 11.1 Å². The highest BCUT2D eigenvalue weighted by atomic mass is 19.4. The Hall–Kier alpha value is -4.12. The van der Waals surface area contributed by atoms with Crippen LogP contribution in [0.1, 0.15) is 18.4 Å². The van der Waals surface area contributed by atoms with Crippen LogP contribution in [0, 0.1) is 0 Å². The topological polar surface area (TPSA) is 114 Å². The summed E-state index contributed by atoms with van der Waals surface area (Å²) in [6.07, 6.45) is -1.13. The van der Waals surface area contributed by atoms with E-state index in [1.54, 1.807) is 29.2 Å². The molecule has 3 aromatic rings. The van der Waals surface area contributed by atoms with Crippen LogP contribution in [-0.4, -0.2) is 51.1 Å². The van der Waals surface area contributed by atoms with Crippen LogP contribution in [0.5, 0.6) is 11.5 Å². The Labute approximate surface area is 211 Å². The molecular formula is C26H26F3N5O3. The molecule has 0 unspecified atom stereocenters. The number of aromatic nitrogens is 2. The molecule has 0 bridgehead atoms. The molecule has 4 rings (SSSR count). The minimum Gasteiger partial charge on any atom is -0.457 e. The number of halogens is 3. The Morgan fingerprint density at radius 2 is 1.86 bits per heavy atom. The third-order valence-corrected chi connectivity index (χ3v) is 6.18. The lowest BCUT2D eigenvalue weighted by Gasteiger charge is -2.38. The number of nitrogens with zero attached hydrogens (tertiary/aromatic N) is 3. The molecular weight excluding hydrogens is 487 g/mol. The van der Waals surface area contributed by atoms with Crippen molar-refractivity contribution < 1.29 is 27.8 Å². The van der Waals surface area contributed by atoms with Gasteiger partial charge in [-0.1, -0.05) is 24.8 Å². The summed E-state index contributed by atoms with van der Waals surface area (Å²) in [7, 11) is 0. The minimum absolute atomic E-state index is 0.0570. The number of likely N-dealkylation sites (tertiary alicyclic amines) is 1. The van der Waals surface area contributed by atoms with E-state index in [2.05, 4.69) is 21.9 Å². The van der Waals surface area contributed by atoms with Crippen molar-refractivity contribution >= 4 is 17.5 Å². The maximum Gasteiger partial charge on any atom is 0.416 e. The van der Waals surface area contributed by atoms with Crippen LogP contribution in [0.3, 0.4) is 0 Å². The molecule has 0 atom stereocenters. The number of aliphatic hydroxyl groups is 1. The molecule has 37 heavy (non-hydrogen) atoms. The molecule has 0 saturated carbocycles. The predicted octanol–water partition coefficient (Wildman–Crippen LogP) is 4.49. The molecule has 0 radical (unpaired) electrons. The van der Waals surface area contributed by atoms with Crippen molar-refractivity contribution in [1.29, 1.82) is 0 Å². The van der Waals surface area contributed by atoms with Crippen LogP contribution in [0.2, 0.25) is 0 Å². The molecule has 1 amide bonds. The van der Waals surface area contributed by atoms with Crippen LogP contribution < -0.4 is 15.8 Å². The summed E-state index contributed by atoms with van der Waals surface area (Å²) in [5, 5.41) is 14.1.